The van der Waals surface area contributed by atoms with E-state index in [-0.39, 0.29) is 30.5 Å². The molecule has 1 saturated heterocycles. The fraction of sp³-hybridized carbons (Fsp3) is 0.458. The van der Waals surface area contributed by atoms with Crippen molar-refractivity contribution in [2.24, 2.45) is 5.41 Å². The van der Waals surface area contributed by atoms with E-state index in [1.54, 1.807) is 0 Å². The van der Waals surface area contributed by atoms with Gasteiger partial charge in [0.2, 0.25) is 5.88 Å². The lowest BCUT2D eigenvalue weighted by Crippen LogP contribution is -2.52. The predicted octanol–water partition coefficient (Wildman–Crippen LogP) is 5.79. The second kappa shape index (κ2) is 8.96. The largest absolute Gasteiger partial charge is 0.478 e. The molecule has 1 atom stereocenters. The SMILES string of the molecule is CC1(C)CN(C(=O)c2cc(F)c(C(=O)O)cc2C2CC2)CCC1Oc1cc(C(F)(F)F)c(Cl)cn1. The van der Waals surface area contributed by atoms with Crippen LogP contribution in [0, 0.1) is 11.2 Å². The molecule has 1 aliphatic heterocycles. The highest BCUT2D eigenvalue weighted by atomic mass is 35.5. The fourth-order valence-electron chi connectivity index (χ4n) is 4.42. The number of aromatic nitrogens is 1. The number of amides is 1. The quantitative estimate of drug-likeness (QED) is 0.511. The predicted molar refractivity (Wildman–Crippen MR) is 118 cm³/mol. The van der Waals surface area contributed by atoms with Gasteiger partial charge in [0.15, 0.2) is 0 Å². The van der Waals surface area contributed by atoms with Gasteiger partial charge in [0.05, 0.1) is 22.3 Å². The molecule has 1 aromatic heterocycles. The van der Waals surface area contributed by atoms with Crippen molar-refractivity contribution < 1.29 is 37.0 Å². The number of halogens is 5. The molecule has 0 spiro atoms. The van der Waals surface area contributed by atoms with E-state index in [0.29, 0.717) is 12.0 Å². The Balaban J connectivity index is 1.53. The Morgan fingerprint density at radius 1 is 1.17 bits per heavy atom. The topological polar surface area (TPSA) is 79.7 Å². The molecule has 2 aromatic rings. The molecule has 188 valence electrons. The first-order valence-electron chi connectivity index (χ1n) is 11.0. The highest BCUT2D eigenvalue weighted by molar-refractivity contribution is 6.31. The number of alkyl halides is 3. The molecule has 1 saturated carbocycles. The van der Waals surface area contributed by atoms with Gasteiger partial charge in [-0.25, -0.2) is 14.2 Å². The number of carboxylic acids is 1. The van der Waals surface area contributed by atoms with E-state index in [9.17, 15) is 32.3 Å². The lowest BCUT2D eigenvalue weighted by atomic mass is 9.80. The number of carbonyl (C=O) groups excluding carboxylic acids is 1. The molecular weight excluding hydrogens is 492 g/mol. The van der Waals surface area contributed by atoms with Crippen molar-refractivity contribution in [3.63, 3.8) is 0 Å². The highest BCUT2D eigenvalue weighted by Gasteiger charge is 2.41. The third-order valence-electron chi connectivity index (χ3n) is 6.43. The summed E-state index contributed by atoms with van der Waals surface area (Å²) in [6.45, 7) is 4.04. The third-order valence-corrected chi connectivity index (χ3v) is 6.74. The minimum atomic E-state index is -4.66. The molecule has 2 aliphatic rings. The molecule has 1 unspecified atom stereocenters. The summed E-state index contributed by atoms with van der Waals surface area (Å²) in [7, 11) is 0. The van der Waals surface area contributed by atoms with Gasteiger partial charge in [-0.05, 0) is 36.5 Å². The van der Waals surface area contributed by atoms with E-state index in [1.165, 1.54) is 11.0 Å². The Bertz CT molecular complexity index is 1180. The van der Waals surface area contributed by atoms with Crippen LogP contribution in [0.4, 0.5) is 17.6 Å². The number of piperidine rings is 1. The van der Waals surface area contributed by atoms with Gasteiger partial charge in [0, 0.05) is 36.6 Å². The number of pyridine rings is 1. The molecule has 2 fully saturated rings. The summed E-state index contributed by atoms with van der Waals surface area (Å²) >= 11 is 5.63. The lowest BCUT2D eigenvalue weighted by Gasteiger charge is -2.43. The number of hydrogen-bond acceptors (Lipinski definition) is 4. The number of aromatic carboxylic acids is 1. The van der Waals surface area contributed by atoms with Crippen molar-refractivity contribution in [3.05, 3.63) is 57.5 Å². The average Bonchev–Trinajstić information content (AvgIpc) is 3.59. The van der Waals surface area contributed by atoms with Gasteiger partial charge < -0.3 is 14.7 Å². The summed E-state index contributed by atoms with van der Waals surface area (Å²) in [5.74, 6) is -3.00. The Kier molecular flexibility index (Phi) is 6.46. The standard InChI is InChI=1S/C24H23ClF4N2O4/c1-23(2)11-31(6-5-19(23)35-20-9-16(24(27,28)29)17(25)10-30-20)21(32)14-8-18(26)15(22(33)34)7-13(14)12-3-4-12/h7-10,12,19H,3-6,11H2,1-2H3,(H,33,34). The van der Waals surface area contributed by atoms with E-state index in [2.05, 4.69) is 4.98 Å². The summed E-state index contributed by atoms with van der Waals surface area (Å²) in [5, 5.41) is 8.71. The van der Waals surface area contributed by atoms with E-state index < -0.39 is 51.5 Å². The molecular formula is C24H23ClF4N2O4. The van der Waals surface area contributed by atoms with Gasteiger partial charge >= 0.3 is 12.1 Å². The van der Waals surface area contributed by atoms with Crippen LogP contribution in [0.25, 0.3) is 0 Å². The van der Waals surface area contributed by atoms with E-state index >= 15 is 0 Å². The summed E-state index contributed by atoms with van der Waals surface area (Å²) in [5.41, 5.74) is -1.53. The van der Waals surface area contributed by atoms with Crippen LogP contribution in [0.15, 0.2) is 24.4 Å². The van der Waals surface area contributed by atoms with Gasteiger partial charge in [-0.3, -0.25) is 4.79 Å². The number of hydrogen-bond donors (Lipinski definition) is 1. The number of nitrogens with zero attached hydrogens (tertiary/aromatic N) is 2. The molecule has 1 N–H and O–H groups in total. The van der Waals surface area contributed by atoms with Crippen LogP contribution in [0.2, 0.25) is 5.02 Å². The first-order valence-corrected chi connectivity index (χ1v) is 11.4. The highest BCUT2D eigenvalue weighted by Crippen LogP contribution is 2.43. The van der Waals surface area contributed by atoms with Crippen molar-refractivity contribution >= 4 is 23.5 Å². The van der Waals surface area contributed by atoms with E-state index in [4.69, 9.17) is 16.3 Å². The molecule has 1 aliphatic carbocycles. The summed E-state index contributed by atoms with van der Waals surface area (Å²) < 4.78 is 59.8. The fourth-order valence-corrected chi connectivity index (χ4v) is 4.63. The minimum Gasteiger partial charge on any atom is -0.478 e. The van der Waals surface area contributed by atoms with Crippen LogP contribution in [0.1, 0.15) is 70.9 Å². The van der Waals surface area contributed by atoms with Crippen LogP contribution >= 0.6 is 11.6 Å². The van der Waals surface area contributed by atoms with E-state index in [0.717, 1.165) is 31.2 Å². The average molecular weight is 515 g/mol. The molecule has 1 aromatic carbocycles. The molecule has 2 heterocycles. The van der Waals surface area contributed by atoms with Crippen LogP contribution in [-0.4, -0.2) is 46.1 Å². The monoisotopic (exact) mass is 514 g/mol. The zero-order valence-corrected chi connectivity index (χ0v) is 19.7. The maximum Gasteiger partial charge on any atom is 0.418 e. The summed E-state index contributed by atoms with van der Waals surface area (Å²) in [4.78, 5) is 30.1. The Morgan fingerprint density at radius 2 is 1.86 bits per heavy atom. The van der Waals surface area contributed by atoms with Gasteiger partial charge in [-0.2, -0.15) is 13.2 Å². The summed E-state index contributed by atoms with van der Waals surface area (Å²) in [6.07, 6.45) is -2.43. The zero-order chi connectivity index (χ0) is 25.7. The Labute approximate surface area is 203 Å². The minimum absolute atomic E-state index is 0.0142. The Morgan fingerprint density at radius 3 is 2.43 bits per heavy atom. The third kappa shape index (κ3) is 5.22. The zero-order valence-electron chi connectivity index (χ0n) is 19.0. The van der Waals surface area contributed by atoms with Crippen LogP contribution < -0.4 is 4.74 Å². The number of ether oxygens (including phenoxy) is 1. The molecule has 0 radical (unpaired) electrons. The second-order valence-electron chi connectivity index (χ2n) is 9.61. The smallest absolute Gasteiger partial charge is 0.418 e. The van der Waals surface area contributed by atoms with Crippen molar-refractivity contribution in [1.82, 2.24) is 9.88 Å². The first kappa shape index (κ1) is 25.2. The van der Waals surface area contributed by atoms with Gasteiger partial charge in [0.1, 0.15) is 11.9 Å². The van der Waals surface area contributed by atoms with Gasteiger partial charge in [0.25, 0.3) is 5.91 Å². The van der Waals surface area contributed by atoms with Crippen molar-refractivity contribution in [3.8, 4) is 5.88 Å². The van der Waals surface area contributed by atoms with Gasteiger partial charge in [-0.1, -0.05) is 25.4 Å². The molecule has 35 heavy (non-hydrogen) atoms. The molecule has 6 nitrogen and oxygen atoms in total. The number of likely N-dealkylation sites (tertiary alicyclic amines) is 1. The molecule has 4 rings (SSSR count). The number of rotatable bonds is 5. The van der Waals surface area contributed by atoms with Crippen LogP contribution in [-0.2, 0) is 6.18 Å². The molecule has 1 amide bonds. The lowest BCUT2D eigenvalue weighted by molar-refractivity contribution is -0.137. The molecule has 0 bridgehead atoms. The van der Waals surface area contributed by atoms with E-state index in [1.807, 2.05) is 13.8 Å². The summed E-state index contributed by atoms with van der Waals surface area (Å²) in [6, 6.07) is 2.99. The van der Waals surface area contributed by atoms with Crippen LogP contribution in [0.3, 0.4) is 0 Å². The van der Waals surface area contributed by atoms with Crippen molar-refractivity contribution in [2.75, 3.05) is 13.1 Å². The number of carbonyl (C=O) groups is 2. The van der Waals surface area contributed by atoms with Crippen molar-refractivity contribution in [2.45, 2.75) is 51.3 Å². The van der Waals surface area contributed by atoms with Gasteiger partial charge in [-0.15, -0.1) is 0 Å². The molecule has 11 heteroatoms. The van der Waals surface area contributed by atoms with Crippen molar-refractivity contribution in [1.29, 1.82) is 0 Å². The van der Waals surface area contributed by atoms with Crippen LogP contribution in [0.5, 0.6) is 5.88 Å². The maximum atomic E-state index is 14.4. The maximum absolute atomic E-state index is 14.4. The number of carboxylic acid groups (broad SMARTS) is 1. The number of benzene rings is 1. The first-order chi connectivity index (χ1) is 16.3. The normalized spacial score (nSPS) is 20.0. The second-order valence-corrected chi connectivity index (χ2v) is 10.0. The Hall–Kier alpha value is -2.88.